The second-order valence-electron chi connectivity index (χ2n) is 8.36. The first kappa shape index (κ1) is 18.3. The maximum atomic E-state index is 10.9. The standard InChI is InChI=1S/C20H33BrO/c1-14(2)16-8-6-7-9-17-19(4,12-10-15(16)3)18(21)11-13-20(17,5)22/h7,9,14,16-18,22H,3,6,8,10-13H2,1-2,4-5H3. The quantitative estimate of drug-likeness (QED) is 0.452. The van der Waals surface area contributed by atoms with Crippen molar-refractivity contribution in [2.24, 2.45) is 23.2 Å². The molecule has 5 unspecified atom stereocenters. The molecule has 2 aliphatic carbocycles. The topological polar surface area (TPSA) is 20.2 Å². The van der Waals surface area contributed by atoms with Crippen LogP contribution >= 0.6 is 15.9 Å². The van der Waals surface area contributed by atoms with E-state index in [0.717, 1.165) is 32.1 Å². The fourth-order valence-corrected chi connectivity index (χ4v) is 5.42. The minimum atomic E-state index is -0.590. The van der Waals surface area contributed by atoms with Crippen LogP contribution in [0.25, 0.3) is 0 Å². The number of aliphatic hydroxyl groups is 1. The molecule has 0 heterocycles. The molecule has 5 atom stereocenters. The Balaban J connectivity index is 2.32. The molecule has 126 valence electrons. The van der Waals surface area contributed by atoms with Crippen LogP contribution in [0.5, 0.6) is 0 Å². The molecule has 1 saturated carbocycles. The SMILES string of the molecule is C=C1CCC2(C)C(Br)CCC(C)(O)C2C=CCCC1C(C)C. The highest BCUT2D eigenvalue weighted by molar-refractivity contribution is 9.09. The van der Waals surface area contributed by atoms with Crippen LogP contribution in [0, 0.1) is 23.2 Å². The fraction of sp³-hybridized carbons (Fsp3) is 0.800. The highest BCUT2D eigenvalue weighted by Crippen LogP contribution is 2.53. The van der Waals surface area contributed by atoms with Crippen molar-refractivity contribution in [1.82, 2.24) is 0 Å². The second-order valence-corrected chi connectivity index (χ2v) is 9.47. The van der Waals surface area contributed by atoms with Gasteiger partial charge in [0.1, 0.15) is 0 Å². The summed E-state index contributed by atoms with van der Waals surface area (Å²) >= 11 is 3.93. The van der Waals surface area contributed by atoms with Crippen molar-refractivity contribution in [3.63, 3.8) is 0 Å². The van der Waals surface area contributed by atoms with Crippen molar-refractivity contribution >= 4 is 15.9 Å². The summed E-state index contributed by atoms with van der Waals surface area (Å²) in [4.78, 5) is 0.472. The van der Waals surface area contributed by atoms with E-state index in [1.54, 1.807) is 0 Å². The van der Waals surface area contributed by atoms with Gasteiger partial charge in [-0.15, -0.1) is 0 Å². The Bertz CT molecular complexity index is 437. The number of alkyl halides is 1. The smallest absolute Gasteiger partial charge is 0.0688 e. The van der Waals surface area contributed by atoms with Crippen molar-refractivity contribution in [2.75, 3.05) is 0 Å². The summed E-state index contributed by atoms with van der Waals surface area (Å²) in [7, 11) is 0. The van der Waals surface area contributed by atoms with Gasteiger partial charge in [-0.1, -0.05) is 61.0 Å². The summed E-state index contributed by atoms with van der Waals surface area (Å²) in [6.07, 6.45) is 11.0. The van der Waals surface area contributed by atoms with Crippen molar-refractivity contribution in [3.8, 4) is 0 Å². The van der Waals surface area contributed by atoms with Crippen LogP contribution in [0.3, 0.4) is 0 Å². The first-order valence-corrected chi connectivity index (χ1v) is 9.81. The van der Waals surface area contributed by atoms with Gasteiger partial charge in [0.05, 0.1) is 5.60 Å². The van der Waals surface area contributed by atoms with Crippen LogP contribution in [0.2, 0.25) is 0 Å². The third-order valence-corrected chi connectivity index (χ3v) is 7.79. The van der Waals surface area contributed by atoms with Gasteiger partial charge in [-0.05, 0) is 62.7 Å². The van der Waals surface area contributed by atoms with E-state index in [4.69, 9.17) is 0 Å². The highest BCUT2D eigenvalue weighted by Gasteiger charge is 2.51. The van der Waals surface area contributed by atoms with Gasteiger partial charge in [0.15, 0.2) is 0 Å². The summed E-state index contributed by atoms with van der Waals surface area (Å²) in [5, 5.41) is 10.9. The lowest BCUT2D eigenvalue weighted by molar-refractivity contribution is -0.0713. The molecule has 0 aromatic carbocycles. The Morgan fingerprint density at radius 3 is 2.59 bits per heavy atom. The Morgan fingerprint density at radius 2 is 1.95 bits per heavy atom. The Labute approximate surface area is 145 Å². The van der Waals surface area contributed by atoms with E-state index in [-0.39, 0.29) is 11.3 Å². The minimum absolute atomic E-state index is 0.0973. The van der Waals surface area contributed by atoms with E-state index in [1.807, 2.05) is 6.92 Å². The van der Waals surface area contributed by atoms with Gasteiger partial charge in [0, 0.05) is 10.7 Å². The number of fused-ring (bicyclic) bond motifs is 1. The van der Waals surface area contributed by atoms with Gasteiger partial charge in [-0.2, -0.15) is 0 Å². The molecular formula is C20H33BrO. The van der Waals surface area contributed by atoms with Gasteiger partial charge in [-0.3, -0.25) is 0 Å². The second kappa shape index (κ2) is 6.81. The lowest BCUT2D eigenvalue weighted by Gasteiger charge is -2.52. The molecule has 0 amide bonds. The molecule has 1 fully saturated rings. The molecule has 0 aliphatic heterocycles. The molecular weight excluding hydrogens is 336 g/mol. The average molecular weight is 369 g/mol. The Morgan fingerprint density at radius 1 is 1.27 bits per heavy atom. The van der Waals surface area contributed by atoms with E-state index in [9.17, 15) is 5.11 Å². The largest absolute Gasteiger partial charge is 0.390 e. The fourth-order valence-electron chi connectivity index (χ4n) is 4.68. The summed E-state index contributed by atoms with van der Waals surface area (Å²) in [5.74, 6) is 1.52. The number of allylic oxidation sites excluding steroid dienone is 2. The zero-order valence-corrected chi connectivity index (χ0v) is 16.3. The average Bonchev–Trinajstić information content (AvgIpc) is 2.43. The first-order valence-electron chi connectivity index (χ1n) is 8.89. The van der Waals surface area contributed by atoms with Crippen LogP contribution in [-0.4, -0.2) is 15.5 Å². The minimum Gasteiger partial charge on any atom is -0.390 e. The van der Waals surface area contributed by atoms with E-state index in [1.165, 1.54) is 12.0 Å². The van der Waals surface area contributed by atoms with Gasteiger partial charge < -0.3 is 5.11 Å². The van der Waals surface area contributed by atoms with Crippen LogP contribution < -0.4 is 0 Å². The van der Waals surface area contributed by atoms with E-state index in [0.29, 0.717) is 16.7 Å². The molecule has 0 spiro atoms. The van der Waals surface area contributed by atoms with Crippen LogP contribution in [0.1, 0.15) is 66.2 Å². The Kier molecular flexibility index (Phi) is 5.65. The molecule has 0 aromatic heterocycles. The molecule has 2 heteroatoms. The molecule has 2 rings (SSSR count). The summed E-state index contributed by atoms with van der Waals surface area (Å²) in [5.41, 5.74) is 0.920. The summed E-state index contributed by atoms with van der Waals surface area (Å²) in [6.45, 7) is 13.4. The van der Waals surface area contributed by atoms with Crippen molar-refractivity contribution in [3.05, 3.63) is 24.3 Å². The van der Waals surface area contributed by atoms with Crippen LogP contribution in [-0.2, 0) is 0 Å². The maximum Gasteiger partial charge on any atom is 0.0688 e. The predicted octanol–water partition coefficient (Wildman–Crippen LogP) is 5.88. The van der Waals surface area contributed by atoms with Gasteiger partial charge in [-0.25, -0.2) is 0 Å². The summed E-state index contributed by atoms with van der Waals surface area (Å²) in [6, 6.07) is 0. The van der Waals surface area contributed by atoms with Crippen molar-refractivity contribution < 1.29 is 5.11 Å². The molecule has 0 aromatic rings. The lowest BCUT2D eigenvalue weighted by Crippen LogP contribution is -2.52. The maximum absolute atomic E-state index is 10.9. The molecule has 1 nitrogen and oxygen atoms in total. The molecule has 0 radical (unpaired) electrons. The molecule has 22 heavy (non-hydrogen) atoms. The Hall–Kier alpha value is -0.0800. The molecule has 0 saturated heterocycles. The van der Waals surface area contributed by atoms with Crippen LogP contribution in [0.15, 0.2) is 24.3 Å². The highest BCUT2D eigenvalue weighted by atomic mass is 79.9. The summed E-state index contributed by atoms with van der Waals surface area (Å²) < 4.78 is 0. The van der Waals surface area contributed by atoms with Crippen molar-refractivity contribution in [1.29, 1.82) is 0 Å². The molecule has 1 N–H and O–H groups in total. The first-order chi connectivity index (χ1) is 10.2. The zero-order chi connectivity index (χ0) is 16.5. The third kappa shape index (κ3) is 3.53. The van der Waals surface area contributed by atoms with Gasteiger partial charge in [0.25, 0.3) is 0 Å². The normalized spacial score (nSPS) is 44.0. The number of halogens is 1. The van der Waals surface area contributed by atoms with Crippen molar-refractivity contribution in [2.45, 2.75) is 76.6 Å². The zero-order valence-electron chi connectivity index (χ0n) is 14.7. The van der Waals surface area contributed by atoms with Gasteiger partial charge >= 0.3 is 0 Å². The van der Waals surface area contributed by atoms with E-state index < -0.39 is 5.60 Å². The number of hydrogen-bond donors (Lipinski definition) is 1. The monoisotopic (exact) mass is 368 g/mol. The number of hydrogen-bond acceptors (Lipinski definition) is 1. The van der Waals surface area contributed by atoms with Gasteiger partial charge in [0.2, 0.25) is 0 Å². The predicted molar refractivity (Wildman–Crippen MR) is 99.2 cm³/mol. The number of rotatable bonds is 1. The molecule has 2 aliphatic rings. The van der Waals surface area contributed by atoms with E-state index >= 15 is 0 Å². The lowest BCUT2D eigenvalue weighted by atomic mass is 9.58. The van der Waals surface area contributed by atoms with Crippen LogP contribution in [0.4, 0.5) is 0 Å². The third-order valence-electron chi connectivity index (χ3n) is 6.29. The molecule has 0 bridgehead atoms. The van der Waals surface area contributed by atoms with E-state index in [2.05, 4.69) is 55.4 Å².